The third kappa shape index (κ3) is 3.85. The van der Waals surface area contributed by atoms with Gasteiger partial charge in [-0.05, 0) is 18.2 Å². The van der Waals surface area contributed by atoms with E-state index in [1.807, 2.05) is 18.2 Å². The van der Waals surface area contributed by atoms with Crippen LogP contribution in [-0.4, -0.2) is 20.1 Å². The second kappa shape index (κ2) is 8.75. The fourth-order valence-electron chi connectivity index (χ4n) is 2.47. The second-order valence-electron chi connectivity index (χ2n) is 5.35. The topological polar surface area (TPSA) is 171 Å². The lowest BCUT2D eigenvalue weighted by Crippen LogP contribution is -2.34. The summed E-state index contributed by atoms with van der Waals surface area (Å²) in [6, 6.07) is 10.3. The summed E-state index contributed by atoms with van der Waals surface area (Å²) in [6.07, 6.45) is -0.191. The van der Waals surface area contributed by atoms with Crippen molar-refractivity contribution >= 4 is 17.5 Å². The standard InChI is InChI=1S/C18H15N7O3/c1-27-14-4-3-10(7-15(14)28-2)18(26)25-24-17-13(9-21)11(5-6-19)12(8-20)16(22)23-17/h3-4,7H,5H2,1-2H3,(H,25,26)(H3,22,23,24)/p+1. The molecule has 140 valence electrons. The van der Waals surface area contributed by atoms with Crippen LogP contribution in [-0.2, 0) is 6.42 Å². The average molecular weight is 378 g/mol. The van der Waals surface area contributed by atoms with Crippen molar-refractivity contribution in [1.29, 1.82) is 15.8 Å². The molecule has 0 saturated carbocycles. The molecule has 1 heterocycles. The Morgan fingerprint density at radius 1 is 1.14 bits per heavy atom. The SMILES string of the molecule is COc1ccc(C(=O)NNc2[nH+]c(N)c(C#N)c(CC#N)c2C#N)cc1OC. The van der Waals surface area contributed by atoms with Crippen molar-refractivity contribution in [3.63, 3.8) is 0 Å². The number of carbonyl (C=O) groups excluding carboxylic acids is 1. The van der Waals surface area contributed by atoms with Gasteiger partial charge < -0.3 is 15.2 Å². The number of ether oxygens (including phenoxy) is 2. The van der Waals surface area contributed by atoms with Crippen LogP contribution in [0.25, 0.3) is 0 Å². The first kappa shape index (κ1) is 19.8. The molecule has 0 aliphatic carbocycles. The van der Waals surface area contributed by atoms with Gasteiger partial charge in [-0.25, -0.2) is 15.8 Å². The van der Waals surface area contributed by atoms with Gasteiger partial charge in [0.1, 0.15) is 23.3 Å². The zero-order valence-corrected chi connectivity index (χ0v) is 15.1. The van der Waals surface area contributed by atoms with Crippen molar-refractivity contribution in [2.24, 2.45) is 0 Å². The normalized spacial score (nSPS) is 9.39. The molecule has 1 aromatic heterocycles. The highest BCUT2D eigenvalue weighted by atomic mass is 16.5. The Labute approximate surface area is 160 Å². The smallest absolute Gasteiger partial charge is 0.280 e. The lowest BCUT2D eigenvalue weighted by atomic mass is 10.0. The molecule has 0 spiro atoms. The summed E-state index contributed by atoms with van der Waals surface area (Å²) < 4.78 is 10.3. The van der Waals surface area contributed by atoms with Crippen LogP contribution in [0, 0.1) is 34.0 Å². The van der Waals surface area contributed by atoms with Crippen LogP contribution < -0.4 is 31.0 Å². The molecule has 5 N–H and O–H groups in total. The van der Waals surface area contributed by atoms with Gasteiger partial charge >= 0.3 is 0 Å². The molecule has 0 saturated heterocycles. The van der Waals surface area contributed by atoms with Crippen LogP contribution in [0.2, 0.25) is 0 Å². The maximum Gasteiger partial charge on any atom is 0.280 e. The van der Waals surface area contributed by atoms with Gasteiger partial charge in [0, 0.05) is 11.1 Å². The number of anilines is 2. The molecule has 10 heteroatoms. The summed E-state index contributed by atoms with van der Waals surface area (Å²) in [5.74, 6) is 0.335. The Hall–Kier alpha value is -4.49. The van der Waals surface area contributed by atoms with Crippen molar-refractivity contribution in [1.82, 2.24) is 5.43 Å². The van der Waals surface area contributed by atoms with Crippen molar-refractivity contribution < 1.29 is 19.3 Å². The van der Waals surface area contributed by atoms with Crippen LogP contribution in [0.3, 0.4) is 0 Å². The molecule has 0 aliphatic heterocycles. The minimum absolute atomic E-state index is 0.0000820. The molecule has 2 rings (SSSR count). The monoisotopic (exact) mass is 378 g/mol. The van der Waals surface area contributed by atoms with E-state index >= 15 is 0 Å². The van der Waals surface area contributed by atoms with Crippen LogP contribution in [0.5, 0.6) is 11.5 Å². The number of aromatic amines is 1. The van der Waals surface area contributed by atoms with Gasteiger partial charge in [-0.1, -0.05) is 0 Å². The number of nitrogens with one attached hydrogen (secondary N) is 3. The molecule has 2 aromatic rings. The number of nitrogen functional groups attached to an aromatic ring is 1. The van der Waals surface area contributed by atoms with Gasteiger partial charge in [-0.3, -0.25) is 4.79 Å². The van der Waals surface area contributed by atoms with Gasteiger partial charge in [-0.2, -0.15) is 15.8 Å². The summed E-state index contributed by atoms with van der Waals surface area (Å²) in [4.78, 5) is 15.0. The summed E-state index contributed by atoms with van der Waals surface area (Å²) in [5.41, 5.74) is 11.2. The number of hydrogen-bond acceptors (Lipinski definition) is 8. The minimum Gasteiger partial charge on any atom is -0.493 e. The number of H-pyrrole nitrogens is 1. The van der Waals surface area contributed by atoms with Crippen LogP contribution in [0.4, 0.5) is 11.6 Å². The highest BCUT2D eigenvalue weighted by Crippen LogP contribution is 2.27. The predicted molar refractivity (Wildman–Crippen MR) is 96.8 cm³/mol. The van der Waals surface area contributed by atoms with E-state index in [1.165, 1.54) is 26.4 Å². The average Bonchev–Trinajstić information content (AvgIpc) is 2.71. The highest BCUT2D eigenvalue weighted by Gasteiger charge is 2.22. The van der Waals surface area contributed by atoms with E-state index in [9.17, 15) is 15.3 Å². The number of benzene rings is 1. The lowest BCUT2D eigenvalue weighted by molar-refractivity contribution is -0.344. The number of rotatable bonds is 6. The van der Waals surface area contributed by atoms with Gasteiger partial charge in [0.05, 0.1) is 26.7 Å². The lowest BCUT2D eigenvalue weighted by Gasteiger charge is -2.11. The van der Waals surface area contributed by atoms with E-state index in [2.05, 4.69) is 15.8 Å². The summed E-state index contributed by atoms with van der Waals surface area (Å²) in [6.45, 7) is 0. The van der Waals surface area contributed by atoms with Gasteiger partial charge in [0.2, 0.25) is 5.82 Å². The minimum atomic E-state index is -0.525. The van der Waals surface area contributed by atoms with E-state index in [0.29, 0.717) is 11.5 Å². The van der Waals surface area contributed by atoms with Gasteiger partial charge in [0.15, 0.2) is 11.5 Å². The Bertz CT molecular complexity index is 1050. The number of hydrogen-bond donors (Lipinski definition) is 3. The molecule has 0 fully saturated rings. The van der Waals surface area contributed by atoms with Crippen molar-refractivity contribution in [2.45, 2.75) is 6.42 Å². The van der Waals surface area contributed by atoms with Crippen molar-refractivity contribution in [3.05, 3.63) is 40.5 Å². The first-order valence-corrected chi connectivity index (χ1v) is 7.83. The number of amides is 1. The maximum atomic E-state index is 12.4. The number of aromatic nitrogens is 1. The Balaban J connectivity index is 2.32. The fourth-order valence-corrected chi connectivity index (χ4v) is 2.47. The van der Waals surface area contributed by atoms with Crippen LogP contribution in [0.1, 0.15) is 27.0 Å². The molecule has 0 unspecified atom stereocenters. The van der Waals surface area contributed by atoms with Gasteiger partial charge in [0.25, 0.3) is 11.7 Å². The predicted octanol–water partition coefficient (Wildman–Crippen LogP) is 0.666. The molecule has 10 nitrogen and oxygen atoms in total. The van der Waals surface area contributed by atoms with Gasteiger partial charge in [-0.15, -0.1) is 0 Å². The Kier molecular flexibility index (Phi) is 6.19. The number of pyridine rings is 1. The first-order valence-electron chi connectivity index (χ1n) is 7.83. The van der Waals surface area contributed by atoms with E-state index in [0.717, 1.165) is 0 Å². The molecule has 1 aromatic carbocycles. The molecular weight excluding hydrogens is 362 g/mol. The molecule has 28 heavy (non-hydrogen) atoms. The maximum absolute atomic E-state index is 12.4. The number of carbonyl (C=O) groups is 1. The summed E-state index contributed by atoms with van der Waals surface area (Å²) >= 11 is 0. The number of nitrogens with two attached hydrogens (primary N) is 1. The van der Waals surface area contributed by atoms with E-state index in [-0.39, 0.29) is 40.3 Å². The molecule has 0 aliphatic rings. The van der Waals surface area contributed by atoms with Crippen LogP contribution in [0.15, 0.2) is 18.2 Å². The highest BCUT2D eigenvalue weighted by molar-refractivity contribution is 5.95. The molecule has 1 amide bonds. The third-order valence-electron chi connectivity index (χ3n) is 3.81. The van der Waals surface area contributed by atoms with Crippen molar-refractivity contribution in [3.8, 4) is 29.7 Å². The fraction of sp³-hybridized carbons (Fsp3) is 0.167. The number of nitriles is 3. The second-order valence-corrected chi connectivity index (χ2v) is 5.35. The number of methoxy groups -OCH3 is 2. The zero-order chi connectivity index (χ0) is 20.7. The molecule has 0 radical (unpaired) electrons. The van der Waals surface area contributed by atoms with E-state index in [1.54, 1.807) is 6.07 Å². The number of nitrogens with zero attached hydrogens (tertiary/aromatic N) is 3. The molecule has 0 bridgehead atoms. The molecular formula is C18H16N7O3+. The Morgan fingerprint density at radius 2 is 1.82 bits per heavy atom. The largest absolute Gasteiger partial charge is 0.493 e. The first-order chi connectivity index (χ1) is 13.5. The van der Waals surface area contributed by atoms with Crippen LogP contribution >= 0.6 is 0 Å². The van der Waals surface area contributed by atoms with E-state index < -0.39 is 5.91 Å². The van der Waals surface area contributed by atoms with Crippen molar-refractivity contribution in [2.75, 3.05) is 25.4 Å². The third-order valence-corrected chi connectivity index (χ3v) is 3.81. The zero-order valence-electron chi connectivity index (χ0n) is 15.1. The summed E-state index contributed by atoms with van der Waals surface area (Å²) in [5, 5.41) is 27.6. The Morgan fingerprint density at radius 3 is 2.39 bits per heavy atom. The molecule has 0 atom stereocenters. The number of hydrazine groups is 1. The quantitative estimate of drug-likeness (QED) is 0.615. The summed E-state index contributed by atoms with van der Waals surface area (Å²) in [7, 11) is 2.93. The van der Waals surface area contributed by atoms with E-state index in [4.69, 9.17) is 20.5 Å².